The van der Waals surface area contributed by atoms with Crippen LogP contribution in [0.5, 0.6) is 0 Å². The average Bonchev–Trinajstić information content (AvgIpc) is 2.85. The Kier molecular flexibility index (Phi) is 7.94. The highest BCUT2D eigenvalue weighted by molar-refractivity contribution is 5.79. The smallest absolute Gasteiger partial charge is 0.162 e. The molecule has 0 fully saturated rings. The van der Waals surface area contributed by atoms with Crippen LogP contribution < -0.4 is 0 Å². The fourth-order valence-corrected chi connectivity index (χ4v) is 6.07. The molecular weight excluding hydrogens is 386 g/mol. The lowest BCUT2D eigenvalue weighted by Gasteiger charge is -2.42. The van der Waals surface area contributed by atoms with Crippen molar-refractivity contribution in [2.75, 3.05) is 0 Å². The third-order valence-corrected chi connectivity index (χ3v) is 7.92. The van der Waals surface area contributed by atoms with Gasteiger partial charge in [0.05, 0.1) is 0 Å². The number of allylic oxidation sites excluding steroid dienone is 6. The minimum absolute atomic E-state index is 0.232. The number of unbranched alkanes of at least 4 members (excludes halogenated alkanes) is 1. The van der Waals surface area contributed by atoms with Gasteiger partial charge in [-0.3, -0.25) is 0 Å². The summed E-state index contributed by atoms with van der Waals surface area (Å²) >= 11 is 0. The summed E-state index contributed by atoms with van der Waals surface area (Å²) in [7, 11) is 0. The van der Waals surface area contributed by atoms with Crippen LogP contribution in [0.3, 0.4) is 0 Å². The lowest BCUT2D eigenvalue weighted by atomic mass is 9.63. The third kappa shape index (κ3) is 5.04. The molecule has 2 aliphatic carbocycles. The van der Waals surface area contributed by atoms with Gasteiger partial charge in [-0.25, -0.2) is 8.78 Å². The SMILES string of the molecule is CCCCC1=CC2=CCC(CC=C1)C(CC)(CC)CC(C)Cc1c(F)c(F)cc(C)c12. The van der Waals surface area contributed by atoms with Crippen LogP contribution in [-0.2, 0) is 6.42 Å². The first kappa shape index (κ1) is 24.0. The van der Waals surface area contributed by atoms with Gasteiger partial charge < -0.3 is 0 Å². The molecular formula is C29H40F2. The van der Waals surface area contributed by atoms with Crippen molar-refractivity contribution in [1.82, 2.24) is 0 Å². The van der Waals surface area contributed by atoms with Crippen LogP contribution in [0.25, 0.3) is 5.57 Å². The molecule has 2 unspecified atom stereocenters. The fourth-order valence-electron chi connectivity index (χ4n) is 6.07. The second-order valence-electron chi connectivity index (χ2n) is 9.98. The minimum atomic E-state index is -0.714. The molecule has 31 heavy (non-hydrogen) atoms. The Labute approximate surface area is 188 Å². The summed E-state index contributed by atoms with van der Waals surface area (Å²) in [5, 5.41) is 0. The monoisotopic (exact) mass is 426 g/mol. The Hall–Kier alpha value is -1.70. The van der Waals surface area contributed by atoms with E-state index in [1.807, 2.05) is 6.92 Å². The molecule has 170 valence electrons. The van der Waals surface area contributed by atoms with Gasteiger partial charge >= 0.3 is 0 Å². The zero-order valence-electron chi connectivity index (χ0n) is 20.2. The van der Waals surface area contributed by atoms with E-state index in [-0.39, 0.29) is 5.41 Å². The predicted molar refractivity (Wildman–Crippen MR) is 129 cm³/mol. The van der Waals surface area contributed by atoms with Gasteiger partial charge in [0.1, 0.15) is 0 Å². The molecule has 0 nitrogen and oxygen atoms in total. The van der Waals surface area contributed by atoms with Gasteiger partial charge in [0, 0.05) is 0 Å². The van der Waals surface area contributed by atoms with E-state index in [2.05, 4.69) is 52.0 Å². The molecule has 1 aromatic rings. The topological polar surface area (TPSA) is 0 Å². The van der Waals surface area contributed by atoms with E-state index in [1.54, 1.807) is 0 Å². The highest BCUT2D eigenvalue weighted by atomic mass is 19.2. The molecule has 2 atom stereocenters. The molecule has 3 rings (SSSR count). The van der Waals surface area contributed by atoms with E-state index >= 15 is 4.39 Å². The standard InChI is InChI=1S/C29H40F2/c1-6-9-11-22-12-10-13-24-15-14-23(18-22)27-21(5)17-26(30)28(31)25(27)16-20(4)19-29(24,7-2)8-3/h10,12,14,17-18,20,24H,6-9,11,13,15-16,19H2,1-5H3. The number of halogens is 2. The maximum absolute atomic E-state index is 15.2. The van der Waals surface area contributed by atoms with Crippen LogP contribution >= 0.6 is 0 Å². The first-order valence-electron chi connectivity index (χ1n) is 12.4. The summed E-state index contributed by atoms with van der Waals surface area (Å²) < 4.78 is 29.7. The highest BCUT2D eigenvalue weighted by Gasteiger charge is 2.37. The molecule has 0 heterocycles. The van der Waals surface area contributed by atoms with Crippen molar-refractivity contribution in [2.45, 2.75) is 92.4 Å². The van der Waals surface area contributed by atoms with Crippen LogP contribution in [0, 0.1) is 35.8 Å². The summed E-state index contributed by atoms with van der Waals surface area (Å²) in [6.07, 6.45) is 18.6. The molecule has 0 N–H and O–H groups in total. The molecule has 2 heteroatoms. The summed E-state index contributed by atoms with van der Waals surface area (Å²) in [4.78, 5) is 0. The normalized spacial score (nSPS) is 23.3. The van der Waals surface area contributed by atoms with Gasteiger partial charge in [-0.1, -0.05) is 71.3 Å². The molecule has 2 bridgehead atoms. The maximum Gasteiger partial charge on any atom is 0.162 e. The van der Waals surface area contributed by atoms with Gasteiger partial charge in [0.2, 0.25) is 0 Å². The number of rotatable bonds is 5. The Morgan fingerprint density at radius 1 is 1.10 bits per heavy atom. The first-order valence-corrected chi connectivity index (χ1v) is 12.4. The maximum atomic E-state index is 15.2. The predicted octanol–water partition coefficient (Wildman–Crippen LogP) is 9.13. The van der Waals surface area contributed by atoms with Gasteiger partial charge in [-0.15, -0.1) is 0 Å². The lowest BCUT2D eigenvalue weighted by molar-refractivity contribution is 0.106. The van der Waals surface area contributed by atoms with Crippen molar-refractivity contribution in [2.24, 2.45) is 17.3 Å². The molecule has 0 saturated heterocycles. The van der Waals surface area contributed by atoms with Crippen LogP contribution in [0.4, 0.5) is 8.78 Å². The minimum Gasteiger partial charge on any atom is -0.204 e. The second kappa shape index (κ2) is 10.3. The number of hydrogen-bond acceptors (Lipinski definition) is 0. The zero-order chi connectivity index (χ0) is 22.6. The Morgan fingerprint density at radius 2 is 1.84 bits per heavy atom. The molecule has 0 amide bonds. The van der Waals surface area contributed by atoms with E-state index in [0.717, 1.165) is 68.1 Å². The number of fused-ring (bicyclic) bond motifs is 4. The molecule has 0 spiro atoms. The number of hydrogen-bond donors (Lipinski definition) is 0. The van der Waals surface area contributed by atoms with Crippen molar-refractivity contribution in [3.05, 3.63) is 64.3 Å². The fraction of sp³-hybridized carbons (Fsp3) is 0.586. The van der Waals surface area contributed by atoms with E-state index in [9.17, 15) is 4.39 Å². The van der Waals surface area contributed by atoms with Crippen molar-refractivity contribution in [3.8, 4) is 0 Å². The third-order valence-electron chi connectivity index (χ3n) is 7.92. The molecule has 2 aliphatic rings. The molecule has 0 radical (unpaired) electrons. The van der Waals surface area contributed by atoms with Gasteiger partial charge in [0.25, 0.3) is 0 Å². The summed E-state index contributed by atoms with van der Waals surface area (Å²) in [5.41, 5.74) is 4.96. The summed E-state index contributed by atoms with van der Waals surface area (Å²) in [6, 6.07) is 1.38. The Bertz CT molecular complexity index is 867. The number of benzene rings is 1. The van der Waals surface area contributed by atoms with Crippen molar-refractivity contribution >= 4 is 5.57 Å². The van der Waals surface area contributed by atoms with Crippen LogP contribution in [0.1, 0.15) is 95.8 Å². The van der Waals surface area contributed by atoms with Gasteiger partial charge in [-0.2, -0.15) is 0 Å². The van der Waals surface area contributed by atoms with Gasteiger partial charge in [0.15, 0.2) is 11.6 Å². The summed E-state index contributed by atoms with van der Waals surface area (Å²) in [5.74, 6) is -0.482. The average molecular weight is 427 g/mol. The van der Waals surface area contributed by atoms with Crippen LogP contribution in [-0.4, -0.2) is 0 Å². The van der Waals surface area contributed by atoms with Crippen molar-refractivity contribution in [3.63, 3.8) is 0 Å². The molecule has 0 aliphatic heterocycles. The van der Waals surface area contributed by atoms with Crippen molar-refractivity contribution < 1.29 is 8.78 Å². The van der Waals surface area contributed by atoms with Gasteiger partial charge in [-0.05, 0) is 96.6 Å². The largest absolute Gasteiger partial charge is 0.204 e. The summed E-state index contributed by atoms with van der Waals surface area (Å²) in [6.45, 7) is 11.0. The van der Waals surface area contributed by atoms with Crippen LogP contribution in [0.2, 0.25) is 0 Å². The van der Waals surface area contributed by atoms with Crippen molar-refractivity contribution in [1.29, 1.82) is 0 Å². The van der Waals surface area contributed by atoms with Crippen LogP contribution in [0.15, 0.2) is 35.9 Å². The molecule has 1 aromatic carbocycles. The Morgan fingerprint density at radius 3 is 2.52 bits per heavy atom. The first-order chi connectivity index (χ1) is 14.8. The highest BCUT2D eigenvalue weighted by Crippen LogP contribution is 2.48. The number of aryl methyl sites for hydroxylation is 1. The Balaban J connectivity index is 2.26. The quantitative estimate of drug-likeness (QED) is 0.440. The second-order valence-corrected chi connectivity index (χ2v) is 9.98. The van der Waals surface area contributed by atoms with E-state index < -0.39 is 11.6 Å². The molecule has 0 saturated carbocycles. The molecule has 0 aromatic heterocycles. The zero-order valence-corrected chi connectivity index (χ0v) is 20.2. The lowest BCUT2D eigenvalue weighted by Crippen LogP contribution is -2.32. The van der Waals surface area contributed by atoms with E-state index in [0.29, 0.717) is 23.8 Å². The van der Waals surface area contributed by atoms with E-state index in [1.165, 1.54) is 11.6 Å². The van der Waals surface area contributed by atoms with E-state index in [4.69, 9.17) is 0 Å².